The molecule has 0 aliphatic rings. The number of hydrogen-bond acceptors (Lipinski definition) is 1. The molecule has 6 rings (SSSR count). The summed E-state index contributed by atoms with van der Waals surface area (Å²) in [5.41, 5.74) is 1.39. The largest absolute Gasteiger partial charge is 0.747 e. The third-order valence-electron chi connectivity index (χ3n) is 7.26. The summed E-state index contributed by atoms with van der Waals surface area (Å²) in [6.45, 7) is 2.20. The van der Waals surface area contributed by atoms with Crippen LogP contribution in [-0.4, -0.2) is 19.0 Å². The molecule has 6 aromatic carbocycles. The van der Waals surface area contributed by atoms with Gasteiger partial charge < -0.3 is 33.7 Å². The molecule has 0 heterocycles. The van der Waals surface area contributed by atoms with Gasteiger partial charge >= 0.3 is 0 Å². The number of nitrogens with zero attached hydrogens (tertiary/aromatic N) is 1. The van der Waals surface area contributed by atoms with Gasteiger partial charge in [-0.2, -0.15) is 12.1 Å². The molecule has 0 radical (unpaired) electrons. The van der Waals surface area contributed by atoms with Gasteiger partial charge in [-0.25, -0.2) is 28.0 Å². The second-order valence-corrected chi connectivity index (χ2v) is 14.5. The van der Waals surface area contributed by atoms with E-state index in [-0.39, 0.29) is 17.1 Å². The Kier molecular flexibility index (Phi) is 12.1. The molecule has 0 aliphatic carbocycles. The van der Waals surface area contributed by atoms with Crippen molar-refractivity contribution in [2.75, 3.05) is 14.1 Å². The van der Waals surface area contributed by atoms with Crippen molar-refractivity contribution in [3.05, 3.63) is 169 Å². The van der Waals surface area contributed by atoms with Crippen molar-refractivity contribution in [1.29, 1.82) is 0 Å². The SMILES string of the molecule is C[C@H]([c-]1cccc1)N(C)C.[Fe].c1ccc(P(c2ccccc2)[c-]2[cH-][cH-][cH-][c-]2P(c2ccccc2)c2ccccc2)cc1. The predicted molar refractivity (Wildman–Crippen MR) is 184 cm³/mol. The Bertz CT molecular complexity index is 1390. The van der Waals surface area contributed by atoms with E-state index in [1.165, 1.54) is 37.4 Å². The Morgan fingerprint density at radius 3 is 1.12 bits per heavy atom. The summed E-state index contributed by atoms with van der Waals surface area (Å²) in [6.07, 6.45) is 0. The van der Waals surface area contributed by atoms with Gasteiger partial charge in [-0.15, -0.1) is 5.56 Å². The smallest absolute Gasteiger partial charge is 0 e. The molecule has 42 heavy (non-hydrogen) atoms. The Morgan fingerprint density at radius 1 is 0.524 bits per heavy atom. The van der Waals surface area contributed by atoms with Gasteiger partial charge in [-0.3, -0.25) is 0 Å². The normalized spacial score (nSPS) is 11.6. The topological polar surface area (TPSA) is 3.24 Å². The van der Waals surface area contributed by atoms with Gasteiger partial charge in [0.05, 0.1) is 0 Å². The van der Waals surface area contributed by atoms with Gasteiger partial charge in [0.15, 0.2) is 0 Å². The molecule has 0 unspecified atom stereocenters. The zero-order valence-electron chi connectivity index (χ0n) is 24.4. The quantitative estimate of drug-likeness (QED) is 0.101. The van der Waals surface area contributed by atoms with Crippen LogP contribution in [0.25, 0.3) is 0 Å². The third-order valence-corrected chi connectivity index (χ3v) is 12.4. The van der Waals surface area contributed by atoms with E-state index in [0.29, 0.717) is 6.04 Å². The fourth-order valence-electron chi connectivity index (χ4n) is 4.91. The van der Waals surface area contributed by atoms with Gasteiger partial charge in [0.25, 0.3) is 0 Å². The average molecular weight is 626 g/mol. The van der Waals surface area contributed by atoms with Gasteiger partial charge in [-0.05, 0) is 20.1 Å². The van der Waals surface area contributed by atoms with E-state index < -0.39 is 15.8 Å². The number of benzene rings is 4. The number of hydrogen-bond donors (Lipinski definition) is 0. The maximum absolute atomic E-state index is 2.35. The second-order valence-electron chi connectivity index (χ2n) is 10.2. The predicted octanol–water partition coefficient (Wildman–Crippen LogP) is 6.95. The van der Waals surface area contributed by atoms with Crippen LogP contribution in [0.3, 0.4) is 0 Å². The Morgan fingerprint density at radius 2 is 0.833 bits per heavy atom. The zero-order chi connectivity index (χ0) is 28.4. The van der Waals surface area contributed by atoms with E-state index in [1.807, 2.05) is 0 Å². The maximum atomic E-state index is 2.35. The third kappa shape index (κ3) is 7.85. The average Bonchev–Trinajstić information content (AvgIpc) is 3.73. The Labute approximate surface area is 265 Å². The standard InChI is InChI=1S/C29H23P2.C9H14N.Fe/c1-5-14-24(15-6-1)30(25-16-7-2-8-17-25)28-22-13-23-29(28)31(26-18-9-3-10-19-26)27-20-11-4-12-21-27;1-8(10(2)3)9-6-4-5-7-9;/h1-23H;4-8H,1-3H3;/q-5;-1;/t;8-;/m.1./s1. The molecule has 0 amide bonds. The molecule has 0 bridgehead atoms. The van der Waals surface area contributed by atoms with Crippen LogP contribution in [0.15, 0.2) is 164 Å². The van der Waals surface area contributed by atoms with E-state index in [1.54, 1.807) is 0 Å². The van der Waals surface area contributed by atoms with E-state index in [0.717, 1.165) is 0 Å². The molecule has 0 spiro atoms. The van der Waals surface area contributed by atoms with Gasteiger partial charge in [-0.1, -0.05) is 149 Å². The van der Waals surface area contributed by atoms with E-state index >= 15 is 0 Å². The first-order chi connectivity index (χ1) is 20.1. The van der Waals surface area contributed by atoms with Gasteiger partial charge in [0, 0.05) is 17.1 Å². The minimum atomic E-state index is -0.627. The van der Waals surface area contributed by atoms with Crippen LogP contribution < -0.4 is 31.8 Å². The summed E-state index contributed by atoms with van der Waals surface area (Å²) in [6, 6.07) is 59.9. The summed E-state index contributed by atoms with van der Waals surface area (Å²) in [5, 5.41) is 8.51. The first-order valence-electron chi connectivity index (χ1n) is 14.1. The summed E-state index contributed by atoms with van der Waals surface area (Å²) in [7, 11) is 2.94. The van der Waals surface area contributed by atoms with Crippen LogP contribution in [0.4, 0.5) is 0 Å². The molecular weight excluding hydrogens is 588 g/mol. The molecule has 1 nitrogen and oxygen atoms in total. The molecular formula is C38H37FeNP2-6. The molecule has 0 saturated carbocycles. The van der Waals surface area contributed by atoms with Crippen molar-refractivity contribution in [1.82, 2.24) is 4.90 Å². The molecule has 0 fully saturated rings. The fraction of sp³-hybridized carbons (Fsp3) is 0.105. The summed E-state index contributed by atoms with van der Waals surface area (Å²) >= 11 is 0. The van der Waals surface area contributed by atoms with Crippen LogP contribution in [0.1, 0.15) is 18.5 Å². The van der Waals surface area contributed by atoms with Crippen LogP contribution in [-0.2, 0) is 17.1 Å². The van der Waals surface area contributed by atoms with Crippen LogP contribution >= 0.6 is 15.8 Å². The minimum Gasteiger partial charge on any atom is -0.747 e. The number of rotatable bonds is 8. The van der Waals surface area contributed by atoms with Crippen molar-refractivity contribution in [2.24, 2.45) is 0 Å². The molecule has 6 aromatic rings. The van der Waals surface area contributed by atoms with E-state index in [9.17, 15) is 0 Å². The Balaban J connectivity index is 0.000000314. The minimum absolute atomic E-state index is 0. The van der Waals surface area contributed by atoms with E-state index in [4.69, 9.17) is 0 Å². The van der Waals surface area contributed by atoms with E-state index in [2.05, 4.69) is 190 Å². The van der Waals surface area contributed by atoms with Crippen molar-refractivity contribution in [3.63, 3.8) is 0 Å². The summed E-state index contributed by atoms with van der Waals surface area (Å²) in [4.78, 5) is 2.20. The van der Waals surface area contributed by atoms with Crippen molar-refractivity contribution < 1.29 is 17.1 Å². The summed E-state index contributed by atoms with van der Waals surface area (Å²) in [5.74, 6) is 0. The van der Waals surface area contributed by atoms with Crippen molar-refractivity contribution in [3.8, 4) is 0 Å². The molecule has 218 valence electrons. The summed E-state index contributed by atoms with van der Waals surface area (Å²) < 4.78 is 0. The molecule has 0 aromatic heterocycles. The fourth-order valence-corrected chi connectivity index (χ4v) is 10.2. The first-order valence-corrected chi connectivity index (χ1v) is 16.8. The first kappa shape index (κ1) is 31.8. The van der Waals surface area contributed by atoms with Gasteiger partial charge in [0.2, 0.25) is 0 Å². The van der Waals surface area contributed by atoms with Crippen LogP contribution in [0.5, 0.6) is 0 Å². The van der Waals surface area contributed by atoms with Gasteiger partial charge in [0.1, 0.15) is 0 Å². The Hall–Kier alpha value is -3.08. The van der Waals surface area contributed by atoms with Crippen LogP contribution in [0, 0.1) is 0 Å². The molecule has 4 heteroatoms. The molecule has 0 saturated heterocycles. The van der Waals surface area contributed by atoms with Crippen molar-refractivity contribution in [2.45, 2.75) is 13.0 Å². The zero-order valence-corrected chi connectivity index (χ0v) is 27.3. The monoisotopic (exact) mass is 625 g/mol. The molecule has 0 N–H and O–H groups in total. The second kappa shape index (κ2) is 16.0. The molecule has 1 atom stereocenters. The van der Waals surface area contributed by atoms with Crippen molar-refractivity contribution >= 4 is 47.7 Å². The maximum Gasteiger partial charge on any atom is 0 e. The van der Waals surface area contributed by atoms with Crippen LogP contribution in [0.2, 0.25) is 0 Å². The molecule has 0 aliphatic heterocycles.